The van der Waals surface area contributed by atoms with Crippen molar-refractivity contribution in [2.75, 3.05) is 51.9 Å². The zero-order valence-electron chi connectivity index (χ0n) is 10.8. The number of hydrogen-bond acceptors (Lipinski definition) is 5. The second kappa shape index (κ2) is 7.31. The third-order valence-electron chi connectivity index (χ3n) is 3.05. The smallest absolute Gasteiger partial charge is 0.153 e. The molecule has 5 nitrogen and oxygen atoms in total. The number of rotatable bonds is 7. The highest BCUT2D eigenvalue weighted by atomic mass is 32.2. The molecule has 6 heteroatoms. The van der Waals surface area contributed by atoms with Crippen molar-refractivity contribution in [1.82, 2.24) is 10.2 Å². The van der Waals surface area contributed by atoms with Crippen LogP contribution in [0.1, 0.15) is 12.8 Å². The number of ether oxygens (including phenoxy) is 1. The third kappa shape index (κ3) is 6.35. The van der Waals surface area contributed by atoms with Gasteiger partial charge in [-0.05, 0) is 26.4 Å². The molecule has 1 atom stereocenters. The lowest BCUT2D eigenvalue weighted by molar-refractivity contribution is 0.178. The maximum Gasteiger partial charge on any atom is 0.153 e. The summed E-state index contributed by atoms with van der Waals surface area (Å²) in [6, 6.07) is 0.124. The van der Waals surface area contributed by atoms with Crippen LogP contribution in [0.4, 0.5) is 0 Å². The summed E-state index contributed by atoms with van der Waals surface area (Å²) in [5, 5.41) is 3.27. The third-order valence-corrected chi connectivity index (χ3v) is 4.79. The number of hydrogen-bond donors (Lipinski definition) is 1. The first-order valence-corrected chi connectivity index (χ1v) is 7.97. The van der Waals surface area contributed by atoms with E-state index >= 15 is 0 Å². The van der Waals surface area contributed by atoms with Gasteiger partial charge in [0.15, 0.2) is 9.84 Å². The van der Waals surface area contributed by atoms with Crippen LogP contribution in [0.3, 0.4) is 0 Å². The highest BCUT2D eigenvalue weighted by molar-refractivity contribution is 7.91. The summed E-state index contributed by atoms with van der Waals surface area (Å²) in [6.07, 6.45) is 1.91. The molecule has 0 amide bonds. The van der Waals surface area contributed by atoms with E-state index in [4.69, 9.17) is 4.74 Å². The second-order valence-corrected chi connectivity index (χ2v) is 6.93. The van der Waals surface area contributed by atoms with Crippen molar-refractivity contribution < 1.29 is 13.2 Å². The second-order valence-electron chi connectivity index (χ2n) is 4.70. The van der Waals surface area contributed by atoms with Gasteiger partial charge in [0.1, 0.15) is 0 Å². The lowest BCUT2D eigenvalue weighted by Gasteiger charge is -2.25. The largest absolute Gasteiger partial charge is 0.385 e. The number of nitrogens with one attached hydrogen (secondary N) is 1. The predicted molar refractivity (Wildman–Crippen MR) is 69.1 cm³/mol. The van der Waals surface area contributed by atoms with Crippen molar-refractivity contribution in [1.29, 1.82) is 0 Å². The number of sulfone groups is 1. The van der Waals surface area contributed by atoms with Gasteiger partial charge in [-0.3, -0.25) is 0 Å². The summed E-state index contributed by atoms with van der Waals surface area (Å²) in [6.45, 7) is 3.30. The Kier molecular flexibility index (Phi) is 6.40. The van der Waals surface area contributed by atoms with Crippen LogP contribution in [0.5, 0.6) is 0 Å². The van der Waals surface area contributed by atoms with Crippen molar-refractivity contribution in [3.05, 3.63) is 0 Å². The Balaban J connectivity index is 2.17. The Bertz CT molecular complexity index is 306. The fraction of sp³-hybridized carbons (Fsp3) is 1.00. The highest BCUT2D eigenvalue weighted by Crippen LogP contribution is 2.05. The molecule has 1 heterocycles. The maximum absolute atomic E-state index is 11.4. The Morgan fingerprint density at radius 1 is 1.41 bits per heavy atom. The molecule has 1 aliphatic rings. The first-order valence-electron chi connectivity index (χ1n) is 6.15. The summed E-state index contributed by atoms with van der Waals surface area (Å²) in [5.74, 6) is 0.575. The van der Waals surface area contributed by atoms with Crippen LogP contribution in [-0.4, -0.2) is 71.3 Å². The van der Waals surface area contributed by atoms with E-state index in [0.717, 1.165) is 32.5 Å². The summed E-state index contributed by atoms with van der Waals surface area (Å²) in [5.41, 5.74) is 0. The fourth-order valence-corrected chi connectivity index (χ4v) is 3.51. The molecular weight excluding hydrogens is 240 g/mol. The quantitative estimate of drug-likeness (QED) is 0.642. The van der Waals surface area contributed by atoms with Crippen molar-refractivity contribution in [2.45, 2.75) is 18.9 Å². The van der Waals surface area contributed by atoms with Gasteiger partial charge >= 0.3 is 0 Å². The highest BCUT2D eigenvalue weighted by Gasteiger charge is 2.23. The normalized spacial score (nSPS) is 24.1. The van der Waals surface area contributed by atoms with Gasteiger partial charge in [-0.2, -0.15) is 0 Å². The van der Waals surface area contributed by atoms with Crippen LogP contribution in [-0.2, 0) is 14.6 Å². The lowest BCUT2D eigenvalue weighted by atomic mass is 10.2. The fourth-order valence-electron chi connectivity index (χ4n) is 2.02. The maximum atomic E-state index is 11.4. The van der Waals surface area contributed by atoms with Crippen LogP contribution in [0.25, 0.3) is 0 Å². The lowest BCUT2D eigenvalue weighted by Crippen LogP contribution is -2.46. The zero-order chi connectivity index (χ0) is 12.7. The molecule has 0 saturated carbocycles. The van der Waals surface area contributed by atoms with Gasteiger partial charge < -0.3 is 15.0 Å². The van der Waals surface area contributed by atoms with E-state index in [0.29, 0.717) is 12.3 Å². The molecular formula is C11H24N2O3S. The molecule has 1 aliphatic heterocycles. The van der Waals surface area contributed by atoms with Gasteiger partial charge in [0.2, 0.25) is 0 Å². The van der Waals surface area contributed by atoms with E-state index in [9.17, 15) is 8.42 Å². The van der Waals surface area contributed by atoms with Gasteiger partial charge in [0.05, 0.1) is 11.5 Å². The molecule has 1 unspecified atom stereocenters. The topological polar surface area (TPSA) is 58.6 Å². The predicted octanol–water partition coefficient (Wildman–Crippen LogP) is -0.269. The molecule has 102 valence electrons. The van der Waals surface area contributed by atoms with E-state index in [-0.39, 0.29) is 11.8 Å². The molecule has 0 spiro atoms. The van der Waals surface area contributed by atoms with Gasteiger partial charge in [-0.15, -0.1) is 0 Å². The summed E-state index contributed by atoms with van der Waals surface area (Å²) < 4.78 is 27.9. The van der Waals surface area contributed by atoms with E-state index < -0.39 is 9.84 Å². The first-order chi connectivity index (χ1) is 8.03. The van der Waals surface area contributed by atoms with Crippen molar-refractivity contribution in [2.24, 2.45) is 0 Å². The van der Waals surface area contributed by atoms with Crippen molar-refractivity contribution in [3.63, 3.8) is 0 Å². The summed E-state index contributed by atoms with van der Waals surface area (Å²) in [7, 11) is 0.966. The van der Waals surface area contributed by atoms with Crippen molar-refractivity contribution >= 4 is 9.84 Å². The summed E-state index contributed by atoms with van der Waals surface area (Å²) in [4.78, 5) is 2.22. The molecule has 17 heavy (non-hydrogen) atoms. The number of nitrogens with zero attached hydrogens (tertiary/aromatic N) is 1. The molecule has 0 aromatic heterocycles. The van der Waals surface area contributed by atoms with Gasteiger partial charge in [0.25, 0.3) is 0 Å². The molecule has 0 aliphatic carbocycles. The minimum absolute atomic E-state index is 0.124. The average Bonchev–Trinajstić information content (AvgIpc) is 2.25. The molecule has 1 saturated heterocycles. The van der Waals surface area contributed by atoms with Crippen molar-refractivity contribution in [3.8, 4) is 0 Å². The van der Waals surface area contributed by atoms with E-state index in [1.54, 1.807) is 7.11 Å². The van der Waals surface area contributed by atoms with E-state index in [1.165, 1.54) is 0 Å². The van der Waals surface area contributed by atoms with Crippen LogP contribution in [0, 0.1) is 0 Å². The molecule has 1 fully saturated rings. The average molecular weight is 264 g/mol. The SMILES string of the molecule is COCCCN(C)CCC1CS(=O)(=O)CCN1. The standard InChI is InChI=1S/C11H24N2O3S/c1-13(6-3-8-16-2)7-4-11-10-17(14,15)9-5-12-11/h11-12H,3-10H2,1-2H3. The van der Waals surface area contributed by atoms with Crippen LogP contribution < -0.4 is 5.32 Å². The number of methoxy groups -OCH3 is 1. The van der Waals surface area contributed by atoms with Gasteiger partial charge in [-0.1, -0.05) is 0 Å². The molecule has 1 N–H and O–H groups in total. The van der Waals surface area contributed by atoms with E-state index in [1.807, 2.05) is 0 Å². The van der Waals surface area contributed by atoms with E-state index in [2.05, 4.69) is 17.3 Å². The minimum Gasteiger partial charge on any atom is -0.385 e. The molecule has 1 rings (SSSR count). The monoisotopic (exact) mass is 264 g/mol. The van der Waals surface area contributed by atoms with Crippen LogP contribution in [0.15, 0.2) is 0 Å². The Morgan fingerprint density at radius 2 is 2.18 bits per heavy atom. The Labute approximate surface area is 104 Å². The first kappa shape index (κ1) is 14.9. The van der Waals surface area contributed by atoms with Crippen LogP contribution >= 0.6 is 0 Å². The zero-order valence-corrected chi connectivity index (χ0v) is 11.6. The van der Waals surface area contributed by atoms with Gasteiger partial charge in [-0.25, -0.2) is 8.42 Å². The van der Waals surface area contributed by atoms with Gasteiger partial charge in [0, 0.05) is 32.8 Å². The molecule has 0 bridgehead atoms. The molecule has 0 aromatic rings. The molecule has 0 radical (unpaired) electrons. The Morgan fingerprint density at radius 3 is 2.82 bits per heavy atom. The minimum atomic E-state index is -2.80. The van der Waals surface area contributed by atoms with Crippen LogP contribution in [0.2, 0.25) is 0 Å². The Hall–Kier alpha value is -0.170. The molecule has 0 aromatic carbocycles. The summed E-state index contributed by atoms with van der Waals surface area (Å²) >= 11 is 0.